The third-order valence-corrected chi connectivity index (χ3v) is 2.97. The van der Waals surface area contributed by atoms with E-state index < -0.39 is 0 Å². The first kappa shape index (κ1) is 16.5. The Morgan fingerprint density at radius 1 is 1.17 bits per heavy atom. The molecule has 0 aliphatic heterocycles. The highest BCUT2D eigenvalue weighted by Gasteiger charge is 2.07. The van der Waals surface area contributed by atoms with E-state index in [1.807, 2.05) is 0 Å². The Kier molecular flexibility index (Phi) is 5.70. The molecule has 122 valence electrons. The summed E-state index contributed by atoms with van der Waals surface area (Å²) >= 11 is 0. The molecule has 0 spiro atoms. The first-order valence-electron chi connectivity index (χ1n) is 7.07. The molecule has 0 aliphatic carbocycles. The van der Waals surface area contributed by atoms with E-state index in [1.165, 1.54) is 10.9 Å². The van der Waals surface area contributed by atoms with Crippen LogP contribution in [0.4, 0.5) is 11.4 Å². The van der Waals surface area contributed by atoms with E-state index in [4.69, 9.17) is 10.5 Å². The van der Waals surface area contributed by atoms with Gasteiger partial charge < -0.3 is 21.1 Å². The fourth-order valence-electron chi connectivity index (χ4n) is 1.89. The van der Waals surface area contributed by atoms with Crippen molar-refractivity contribution in [3.63, 3.8) is 0 Å². The van der Waals surface area contributed by atoms with Crippen molar-refractivity contribution in [3.05, 3.63) is 36.7 Å². The van der Waals surface area contributed by atoms with E-state index in [-0.39, 0.29) is 31.3 Å². The molecular formula is C15H19N5O3. The van der Waals surface area contributed by atoms with Gasteiger partial charge in [0, 0.05) is 24.8 Å². The SMILES string of the molecule is COc1ccc(NC(=O)Cn2cc(NC(=O)CCN)cn2)cc1. The zero-order valence-electron chi connectivity index (χ0n) is 12.8. The van der Waals surface area contributed by atoms with Gasteiger partial charge in [-0.05, 0) is 24.3 Å². The minimum Gasteiger partial charge on any atom is -0.497 e. The molecule has 1 aromatic carbocycles. The van der Waals surface area contributed by atoms with Gasteiger partial charge in [0.25, 0.3) is 0 Å². The van der Waals surface area contributed by atoms with Crippen LogP contribution >= 0.6 is 0 Å². The van der Waals surface area contributed by atoms with Crippen molar-refractivity contribution >= 4 is 23.2 Å². The van der Waals surface area contributed by atoms with Gasteiger partial charge in [-0.2, -0.15) is 5.10 Å². The lowest BCUT2D eigenvalue weighted by molar-refractivity contribution is -0.117. The summed E-state index contributed by atoms with van der Waals surface area (Å²) in [6, 6.07) is 7.01. The zero-order valence-corrected chi connectivity index (χ0v) is 12.8. The predicted molar refractivity (Wildman–Crippen MR) is 86.2 cm³/mol. The van der Waals surface area contributed by atoms with E-state index in [0.717, 1.165) is 0 Å². The summed E-state index contributed by atoms with van der Waals surface area (Å²) in [5, 5.41) is 9.43. The van der Waals surface area contributed by atoms with Gasteiger partial charge in [-0.1, -0.05) is 0 Å². The van der Waals surface area contributed by atoms with Gasteiger partial charge in [-0.15, -0.1) is 0 Å². The van der Waals surface area contributed by atoms with Crippen LogP contribution in [0.1, 0.15) is 6.42 Å². The standard InChI is InChI=1S/C15H19N5O3/c1-23-13-4-2-11(3-5-13)18-15(22)10-20-9-12(8-17-20)19-14(21)6-7-16/h2-5,8-9H,6-7,10,16H2,1H3,(H,18,22)(H,19,21). The molecule has 23 heavy (non-hydrogen) atoms. The molecule has 0 aliphatic rings. The van der Waals surface area contributed by atoms with Gasteiger partial charge >= 0.3 is 0 Å². The van der Waals surface area contributed by atoms with Crippen molar-refractivity contribution < 1.29 is 14.3 Å². The Hall–Kier alpha value is -2.87. The number of carbonyl (C=O) groups excluding carboxylic acids is 2. The largest absolute Gasteiger partial charge is 0.497 e. The maximum atomic E-state index is 12.0. The third kappa shape index (κ3) is 5.11. The summed E-state index contributed by atoms with van der Waals surface area (Å²) < 4.78 is 6.49. The van der Waals surface area contributed by atoms with Crippen LogP contribution in [0.15, 0.2) is 36.7 Å². The van der Waals surface area contributed by atoms with Crippen molar-refractivity contribution in [2.45, 2.75) is 13.0 Å². The van der Waals surface area contributed by atoms with Crippen LogP contribution in [-0.4, -0.2) is 35.2 Å². The molecule has 8 heteroatoms. The molecule has 1 heterocycles. The fourth-order valence-corrected chi connectivity index (χ4v) is 1.89. The second-order valence-corrected chi connectivity index (χ2v) is 4.79. The average Bonchev–Trinajstić information content (AvgIpc) is 2.95. The first-order valence-corrected chi connectivity index (χ1v) is 7.07. The lowest BCUT2D eigenvalue weighted by atomic mass is 10.3. The summed E-state index contributed by atoms with van der Waals surface area (Å²) in [5.74, 6) is 0.306. The van der Waals surface area contributed by atoms with Gasteiger partial charge in [0.1, 0.15) is 12.3 Å². The normalized spacial score (nSPS) is 10.2. The van der Waals surface area contributed by atoms with Crippen LogP contribution in [-0.2, 0) is 16.1 Å². The molecule has 4 N–H and O–H groups in total. The minimum absolute atomic E-state index is 0.0405. The Morgan fingerprint density at radius 2 is 1.87 bits per heavy atom. The molecule has 2 rings (SSSR count). The molecule has 1 aromatic heterocycles. The summed E-state index contributed by atoms with van der Waals surface area (Å²) in [6.07, 6.45) is 3.31. The van der Waals surface area contributed by atoms with E-state index >= 15 is 0 Å². The second kappa shape index (κ2) is 7.95. The number of ether oxygens (including phenoxy) is 1. The number of hydrogen-bond acceptors (Lipinski definition) is 5. The number of rotatable bonds is 7. The quantitative estimate of drug-likeness (QED) is 0.700. The van der Waals surface area contributed by atoms with Crippen LogP contribution in [0.3, 0.4) is 0 Å². The number of amides is 2. The molecule has 0 fully saturated rings. The van der Waals surface area contributed by atoms with Crippen LogP contribution in [0.2, 0.25) is 0 Å². The Balaban J connectivity index is 1.87. The summed E-state index contributed by atoms with van der Waals surface area (Å²) in [5.41, 5.74) is 6.50. The number of hydrogen-bond donors (Lipinski definition) is 3. The number of aromatic nitrogens is 2. The van der Waals surface area contributed by atoms with E-state index in [1.54, 1.807) is 37.6 Å². The van der Waals surface area contributed by atoms with Crippen LogP contribution in [0.5, 0.6) is 5.75 Å². The van der Waals surface area contributed by atoms with Crippen molar-refractivity contribution in [3.8, 4) is 5.75 Å². The highest BCUT2D eigenvalue weighted by atomic mass is 16.5. The molecule has 0 atom stereocenters. The highest BCUT2D eigenvalue weighted by Crippen LogP contribution is 2.15. The predicted octanol–water partition coefficient (Wildman–Crippen LogP) is 0.818. The van der Waals surface area contributed by atoms with Gasteiger partial charge in [0.15, 0.2) is 0 Å². The number of nitrogens with one attached hydrogen (secondary N) is 2. The van der Waals surface area contributed by atoms with Gasteiger partial charge in [0.05, 0.1) is 19.0 Å². The first-order chi connectivity index (χ1) is 11.1. The van der Waals surface area contributed by atoms with Gasteiger partial charge in [0.2, 0.25) is 11.8 Å². The Morgan fingerprint density at radius 3 is 2.52 bits per heavy atom. The van der Waals surface area contributed by atoms with Gasteiger partial charge in [-0.3, -0.25) is 14.3 Å². The highest BCUT2D eigenvalue weighted by molar-refractivity contribution is 5.91. The Bertz CT molecular complexity index is 666. The molecule has 0 bridgehead atoms. The van der Waals surface area contributed by atoms with E-state index in [2.05, 4.69) is 15.7 Å². The number of nitrogens with zero attached hydrogens (tertiary/aromatic N) is 2. The molecular weight excluding hydrogens is 298 g/mol. The molecule has 2 amide bonds. The van der Waals surface area contributed by atoms with Crippen LogP contribution < -0.4 is 21.1 Å². The Labute approximate surface area is 133 Å². The van der Waals surface area contributed by atoms with Crippen LogP contribution in [0, 0.1) is 0 Å². The molecule has 8 nitrogen and oxygen atoms in total. The molecule has 0 unspecified atom stereocenters. The van der Waals surface area contributed by atoms with Crippen molar-refractivity contribution in [2.75, 3.05) is 24.3 Å². The minimum atomic E-state index is -0.224. The van der Waals surface area contributed by atoms with Gasteiger partial charge in [-0.25, -0.2) is 0 Å². The second-order valence-electron chi connectivity index (χ2n) is 4.79. The summed E-state index contributed by atoms with van der Waals surface area (Å²) in [4.78, 5) is 23.4. The number of anilines is 2. The van der Waals surface area contributed by atoms with E-state index in [9.17, 15) is 9.59 Å². The smallest absolute Gasteiger partial charge is 0.246 e. The fraction of sp³-hybridized carbons (Fsp3) is 0.267. The maximum absolute atomic E-state index is 12.0. The van der Waals surface area contributed by atoms with E-state index in [0.29, 0.717) is 17.1 Å². The molecule has 0 radical (unpaired) electrons. The zero-order chi connectivity index (χ0) is 16.7. The number of nitrogens with two attached hydrogens (primary N) is 1. The average molecular weight is 317 g/mol. The van der Waals surface area contributed by atoms with Crippen molar-refractivity contribution in [1.29, 1.82) is 0 Å². The monoisotopic (exact) mass is 317 g/mol. The summed E-state index contributed by atoms with van der Waals surface area (Å²) in [7, 11) is 1.58. The molecule has 2 aromatic rings. The summed E-state index contributed by atoms with van der Waals surface area (Å²) in [6.45, 7) is 0.322. The van der Waals surface area contributed by atoms with Crippen molar-refractivity contribution in [2.24, 2.45) is 5.73 Å². The molecule has 0 saturated carbocycles. The lowest BCUT2D eigenvalue weighted by Gasteiger charge is -2.06. The number of benzene rings is 1. The molecule has 0 saturated heterocycles. The van der Waals surface area contributed by atoms with Crippen molar-refractivity contribution in [1.82, 2.24) is 9.78 Å². The number of carbonyl (C=O) groups is 2. The lowest BCUT2D eigenvalue weighted by Crippen LogP contribution is -2.19. The topological polar surface area (TPSA) is 111 Å². The number of methoxy groups -OCH3 is 1. The third-order valence-electron chi connectivity index (χ3n) is 2.97. The van der Waals surface area contributed by atoms with Crippen LogP contribution in [0.25, 0.3) is 0 Å². The maximum Gasteiger partial charge on any atom is 0.246 e.